The first-order valence-corrected chi connectivity index (χ1v) is 8.85. The summed E-state index contributed by atoms with van der Waals surface area (Å²) in [4.78, 5) is 48.8. The molecule has 9 nitrogen and oxygen atoms in total. The maximum absolute atomic E-state index is 12.7. The topological polar surface area (TPSA) is 134 Å². The van der Waals surface area contributed by atoms with Gasteiger partial charge in [0.25, 0.3) is 5.91 Å². The van der Waals surface area contributed by atoms with E-state index in [0.717, 1.165) is 0 Å². The van der Waals surface area contributed by atoms with E-state index in [9.17, 15) is 19.2 Å². The number of primary amides is 1. The van der Waals surface area contributed by atoms with Crippen LogP contribution in [0.5, 0.6) is 0 Å². The summed E-state index contributed by atoms with van der Waals surface area (Å²) in [5.41, 5.74) is 5.94. The summed E-state index contributed by atoms with van der Waals surface area (Å²) in [6.45, 7) is 3.31. The van der Waals surface area contributed by atoms with Crippen LogP contribution in [-0.4, -0.2) is 50.1 Å². The van der Waals surface area contributed by atoms with Crippen molar-refractivity contribution in [3.63, 3.8) is 0 Å². The SMILES string of the molecule is CCOC(=O)C[C@@H](C(=O)OCC)[C@H](NC(=O)[C@H](OC)c1ccccc1)C(N)=O. The van der Waals surface area contributed by atoms with E-state index < -0.39 is 48.2 Å². The van der Waals surface area contributed by atoms with Gasteiger partial charge in [-0.25, -0.2) is 0 Å². The lowest BCUT2D eigenvalue weighted by atomic mass is 9.94. The number of hydrogen-bond donors (Lipinski definition) is 2. The van der Waals surface area contributed by atoms with Crippen molar-refractivity contribution >= 4 is 23.8 Å². The predicted molar refractivity (Wildman–Crippen MR) is 98.7 cm³/mol. The summed E-state index contributed by atoms with van der Waals surface area (Å²) < 4.78 is 15.0. The van der Waals surface area contributed by atoms with E-state index in [1.54, 1.807) is 44.2 Å². The minimum Gasteiger partial charge on any atom is -0.466 e. The minimum absolute atomic E-state index is 0.0301. The van der Waals surface area contributed by atoms with Crippen molar-refractivity contribution in [1.82, 2.24) is 5.32 Å². The van der Waals surface area contributed by atoms with Crippen LogP contribution >= 0.6 is 0 Å². The highest BCUT2D eigenvalue weighted by molar-refractivity contribution is 5.94. The fourth-order valence-electron chi connectivity index (χ4n) is 2.61. The van der Waals surface area contributed by atoms with Gasteiger partial charge in [-0.15, -0.1) is 0 Å². The lowest BCUT2D eigenvalue weighted by Gasteiger charge is -2.25. The second-order valence-corrected chi connectivity index (χ2v) is 5.78. The van der Waals surface area contributed by atoms with Crippen molar-refractivity contribution in [3.05, 3.63) is 35.9 Å². The molecule has 0 bridgehead atoms. The van der Waals surface area contributed by atoms with Gasteiger partial charge >= 0.3 is 11.9 Å². The van der Waals surface area contributed by atoms with Crippen LogP contribution in [0.2, 0.25) is 0 Å². The molecule has 3 N–H and O–H groups in total. The highest BCUT2D eigenvalue weighted by Gasteiger charge is 2.38. The molecule has 0 unspecified atom stereocenters. The fraction of sp³-hybridized carbons (Fsp3) is 0.474. The molecule has 0 saturated heterocycles. The van der Waals surface area contributed by atoms with Crippen molar-refractivity contribution in [2.75, 3.05) is 20.3 Å². The van der Waals surface area contributed by atoms with Gasteiger partial charge in [0.15, 0.2) is 6.10 Å². The Hall–Kier alpha value is -2.94. The van der Waals surface area contributed by atoms with Crippen LogP contribution in [0.15, 0.2) is 30.3 Å². The first-order valence-electron chi connectivity index (χ1n) is 8.85. The fourth-order valence-corrected chi connectivity index (χ4v) is 2.61. The van der Waals surface area contributed by atoms with E-state index in [1.807, 2.05) is 0 Å². The number of nitrogens with one attached hydrogen (secondary N) is 1. The van der Waals surface area contributed by atoms with Crippen LogP contribution in [0.1, 0.15) is 31.9 Å². The largest absolute Gasteiger partial charge is 0.466 e. The molecule has 0 aromatic heterocycles. The van der Waals surface area contributed by atoms with Crippen LogP contribution in [0, 0.1) is 5.92 Å². The van der Waals surface area contributed by atoms with Crippen LogP contribution in [0.25, 0.3) is 0 Å². The Labute approximate surface area is 163 Å². The second-order valence-electron chi connectivity index (χ2n) is 5.78. The predicted octanol–water partition coefficient (Wildman–Crippen LogP) is 0.477. The average Bonchev–Trinajstić information content (AvgIpc) is 2.66. The molecule has 0 saturated carbocycles. The zero-order valence-electron chi connectivity index (χ0n) is 16.2. The molecule has 1 aromatic rings. The third-order valence-electron chi connectivity index (χ3n) is 3.86. The number of rotatable bonds is 11. The molecule has 0 radical (unpaired) electrons. The third kappa shape index (κ3) is 6.66. The quantitative estimate of drug-likeness (QED) is 0.521. The van der Waals surface area contributed by atoms with Gasteiger partial charge < -0.3 is 25.3 Å². The summed E-state index contributed by atoms with van der Waals surface area (Å²) in [6, 6.07) is 7.10. The van der Waals surface area contributed by atoms with E-state index in [1.165, 1.54) is 7.11 Å². The Morgan fingerprint density at radius 1 is 1.04 bits per heavy atom. The van der Waals surface area contributed by atoms with Gasteiger partial charge in [-0.05, 0) is 19.4 Å². The zero-order chi connectivity index (χ0) is 21.1. The second kappa shape index (κ2) is 11.7. The van der Waals surface area contributed by atoms with Crippen LogP contribution in [-0.2, 0) is 33.4 Å². The lowest BCUT2D eigenvalue weighted by molar-refractivity contribution is -0.157. The molecule has 0 aliphatic rings. The molecule has 0 fully saturated rings. The van der Waals surface area contributed by atoms with Crippen LogP contribution in [0.4, 0.5) is 0 Å². The number of esters is 2. The Morgan fingerprint density at radius 3 is 2.14 bits per heavy atom. The summed E-state index contributed by atoms with van der Waals surface area (Å²) >= 11 is 0. The molecule has 3 atom stereocenters. The van der Waals surface area contributed by atoms with Gasteiger partial charge in [0.2, 0.25) is 5.91 Å². The molecule has 9 heteroatoms. The number of carbonyl (C=O) groups excluding carboxylic acids is 4. The van der Waals surface area contributed by atoms with Crippen LogP contribution < -0.4 is 11.1 Å². The third-order valence-corrected chi connectivity index (χ3v) is 3.86. The van der Waals surface area contributed by atoms with Gasteiger partial charge in [0.05, 0.1) is 25.6 Å². The summed E-state index contributed by atoms with van der Waals surface area (Å²) in [7, 11) is 1.33. The molecule has 154 valence electrons. The van der Waals surface area contributed by atoms with E-state index in [4.69, 9.17) is 19.9 Å². The van der Waals surface area contributed by atoms with Gasteiger partial charge in [-0.2, -0.15) is 0 Å². The van der Waals surface area contributed by atoms with Crippen molar-refractivity contribution < 1.29 is 33.4 Å². The molecule has 0 aliphatic heterocycles. The Morgan fingerprint density at radius 2 is 1.64 bits per heavy atom. The molecule has 28 heavy (non-hydrogen) atoms. The lowest BCUT2D eigenvalue weighted by Crippen LogP contribution is -2.53. The van der Waals surface area contributed by atoms with Crippen LogP contribution in [0.3, 0.4) is 0 Å². The normalized spacial score (nSPS) is 13.7. The highest BCUT2D eigenvalue weighted by Crippen LogP contribution is 2.19. The number of amides is 2. The van der Waals surface area contributed by atoms with Gasteiger partial charge in [0.1, 0.15) is 6.04 Å². The number of carbonyl (C=O) groups is 4. The van der Waals surface area contributed by atoms with Gasteiger partial charge in [-0.1, -0.05) is 30.3 Å². The molecule has 0 heterocycles. The van der Waals surface area contributed by atoms with E-state index >= 15 is 0 Å². The number of hydrogen-bond acceptors (Lipinski definition) is 7. The Balaban J connectivity index is 3.08. The maximum Gasteiger partial charge on any atom is 0.312 e. The number of methoxy groups -OCH3 is 1. The first-order chi connectivity index (χ1) is 13.3. The molecule has 0 aliphatic carbocycles. The molecule has 1 rings (SSSR count). The monoisotopic (exact) mass is 394 g/mol. The summed E-state index contributed by atoms with van der Waals surface area (Å²) in [5, 5.41) is 2.41. The smallest absolute Gasteiger partial charge is 0.312 e. The summed E-state index contributed by atoms with van der Waals surface area (Å²) in [5.74, 6) is -4.55. The minimum atomic E-state index is -1.47. The highest BCUT2D eigenvalue weighted by atomic mass is 16.5. The Kier molecular flexibility index (Phi) is 9.66. The van der Waals surface area contributed by atoms with Crippen molar-refractivity contribution in [1.29, 1.82) is 0 Å². The number of nitrogens with two attached hydrogens (primary N) is 1. The van der Waals surface area contributed by atoms with Crippen molar-refractivity contribution in [3.8, 4) is 0 Å². The van der Waals surface area contributed by atoms with E-state index in [0.29, 0.717) is 5.56 Å². The number of ether oxygens (including phenoxy) is 3. The Bertz CT molecular complexity index is 678. The van der Waals surface area contributed by atoms with E-state index in [2.05, 4.69) is 5.32 Å². The molecule has 2 amide bonds. The maximum atomic E-state index is 12.7. The number of benzene rings is 1. The van der Waals surface area contributed by atoms with Gasteiger partial charge in [0, 0.05) is 7.11 Å². The van der Waals surface area contributed by atoms with Crippen molar-refractivity contribution in [2.45, 2.75) is 32.4 Å². The van der Waals surface area contributed by atoms with Gasteiger partial charge in [-0.3, -0.25) is 19.2 Å². The van der Waals surface area contributed by atoms with Crippen molar-refractivity contribution in [2.24, 2.45) is 11.7 Å². The first kappa shape index (κ1) is 23.1. The summed E-state index contributed by atoms with van der Waals surface area (Å²) in [6.07, 6.45) is -1.50. The standard InChI is InChI=1S/C19H26N2O7/c1-4-27-14(22)11-13(19(25)28-5-2)15(17(20)23)21-18(24)16(26-3)12-9-7-6-8-10-12/h6-10,13,15-16H,4-5,11H2,1-3H3,(H2,20,23)(H,21,24)/t13-,15+,16-/m1/s1. The molecular weight excluding hydrogens is 368 g/mol. The van der Waals surface area contributed by atoms with E-state index in [-0.39, 0.29) is 13.2 Å². The average molecular weight is 394 g/mol. The zero-order valence-corrected chi connectivity index (χ0v) is 16.2. The molecule has 1 aromatic carbocycles. The molecular formula is C19H26N2O7. The molecule has 0 spiro atoms.